The Labute approximate surface area is 177 Å². The molecule has 1 aromatic carbocycles. The summed E-state index contributed by atoms with van der Waals surface area (Å²) in [6.45, 7) is 3.67. The van der Waals surface area contributed by atoms with Crippen LogP contribution in [0.3, 0.4) is 0 Å². The van der Waals surface area contributed by atoms with Gasteiger partial charge in [0.2, 0.25) is 0 Å². The van der Waals surface area contributed by atoms with Gasteiger partial charge in [-0.15, -0.1) is 0 Å². The normalized spacial score (nSPS) is 40.2. The third kappa shape index (κ3) is 2.19. The number of carbonyl (C=O) groups is 2. The van der Waals surface area contributed by atoms with Crippen molar-refractivity contribution in [2.45, 2.75) is 57.5 Å². The highest BCUT2D eigenvalue weighted by molar-refractivity contribution is 5.78. The number of allylic oxidation sites excluding steroid dienone is 1. The summed E-state index contributed by atoms with van der Waals surface area (Å²) in [5.74, 6) is 0.718. The second-order valence-electron chi connectivity index (χ2n) is 9.73. The maximum absolute atomic E-state index is 12.8. The van der Waals surface area contributed by atoms with Crippen LogP contribution in [0, 0.1) is 22.7 Å². The van der Waals surface area contributed by atoms with E-state index in [-0.39, 0.29) is 22.8 Å². The van der Waals surface area contributed by atoms with Gasteiger partial charge in [0, 0.05) is 17.8 Å². The van der Waals surface area contributed by atoms with Crippen molar-refractivity contribution in [2.75, 3.05) is 14.2 Å². The topological polar surface area (TPSA) is 61.8 Å². The number of carbonyl (C=O) groups excluding carboxylic acids is 2. The number of rotatable bonds is 3. The van der Waals surface area contributed by atoms with Crippen LogP contribution in [0.1, 0.15) is 56.6 Å². The quantitative estimate of drug-likeness (QED) is 0.552. The Hall–Kier alpha value is -2.30. The summed E-state index contributed by atoms with van der Waals surface area (Å²) in [5, 5.41) is 0. The second-order valence-corrected chi connectivity index (χ2v) is 9.73. The monoisotopic (exact) mass is 410 g/mol. The number of esters is 2. The summed E-state index contributed by atoms with van der Waals surface area (Å²) in [5.41, 5.74) is 1.43. The number of aryl methyl sites for hydroxylation is 1. The Kier molecular flexibility index (Phi) is 4.16. The van der Waals surface area contributed by atoms with Gasteiger partial charge >= 0.3 is 11.9 Å². The van der Waals surface area contributed by atoms with Crippen molar-refractivity contribution in [3.63, 3.8) is 0 Å². The Balaban J connectivity index is 1.60. The molecule has 5 nitrogen and oxygen atoms in total. The van der Waals surface area contributed by atoms with Crippen LogP contribution in [0.25, 0.3) is 0 Å². The average molecular weight is 411 g/mol. The maximum Gasteiger partial charge on any atom is 0.313 e. The molecule has 0 spiro atoms. The molecule has 6 atom stereocenters. The summed E-state index contributed by atoms with van der Waals surface area (Å²) in [6.07, 6.45) is 9.02. The smallest absolute Gasteiger partial charge is 0.313 e. The largest absolute Gasteiger partial charge is 0.497 e. The molecule has 0 aromatic heterocycles. The predicted octanol–water partition coefficient (Wildman–Crippen LogP) is 4.19. The SMILES string of the molecule is COC(=O)[C@H]1C[C@]23C=C[C@@]1(OC(C)=O)[C@@]2(C)CC[C@@H]1c2ccc(OC)cc2CC[C@@H]13. The van der Waals surface area contributed by atoms with Crippen molar-refractivity contribution in [2.24, 2.45) is 22.7 Å². The van der Waals surface area contributed by atoms with Crippen molar-refractivity contribution in [3.05, 3.63) is 41.5 Å². The molecular formula is C25H30O5. The highest BCUT2D eigenvalue weighted by atomic mass is 16.6. The zero-order valence-electron chi connectivity index (χ0n) is 18.2. The van der Waals surface area contributed by atoms with Gasteiger partial charge in [0.1, 0.15) is 17.3 Å². The minimum absolute atomic E-state index is 0.165. The lowest BCUT2D eigenvalue weighted by molar-refractivity contribution is -0.179. The molecule has 30 heavy (non-hydrogen) atoms. The highest BCUT2D eigenvalue weighted by Gasteiger charge is 2.78. The van der Waals surface area contributed by atoms with E-state index in [1.807, 2.05) is 6.08 Å². The zero-order valence-corrected chi connectivity index (χ0v) is 18.2. The molecule has 4 aliphatic carbocycles. The molecule has 0 amide bonds. The molecule has 0 N–H and O–H groups in total. The van der Waals surface area contributed by atoms with Crippen LogP contribution >= 0.6 is 0 Å². The van der Waals surface area contributed by atoms with E-state index in [4.69, 9.17) is 14.2 Å². The lowest BCUT2D eigenvalue weighted by Crippen LogP contribution is -2.55. The van der Waals surface area contributed by atoms with E-state index in [1.165, 1.54) is 25.2 Å². The summed E-state index contributed by atoms with van der Waals surface area (Å²) >= 11 is 0. The Morgan fingerprint density at radius 3 is 2.63 bits per heavy atom. The minimum atomic E-state index is -0.906. The van der Waals surface area contributed by atoms with Crippen molar-refractivity contribution >= 4 is 11.9 Å². The van der Waals surface area contributed by atoms with Crippen LogP contribution in [0.15, 0.2) is 30.4 Å². The lowest BCUT2D eigenvalue weighted by atomic mass is 9.48. The summed E-state index contributed by atoms with van der Waals surface area (Å²) in [7, 11) is 3.14. The van der Waals surface area contributed by atoms with Gasteiger partial charge in [-0.1, -0.05) is 19.1 Å². The van der Waals surface area contributed by atoms with E-state index in [0.29, 0.717) is 18.3 Å². The molecular weight excluding hydrogens is 380 g/mol. The molecule has 2 fully saturated rings. The van der Waals surface area contributed by atoms with Gasteiger partial charge in [-0.25, -0.2) is 0 Å². The third-order valence-electron chi connectivity index (χ3n) is 8.95. The maximum atomic E-state index is 12.8. The Bertz CT molecular complexity index is 951. The number of hydrogen-bond donors (Lipinski definition) is 0. The number of fused-ring (bicyclic) bond motifs is 3. The van der Waals surface area contributed by atoms with E-state index < -0.39 is 11.5 Å². The molecule has 0 unspecified atom stereocenters. The van der Waals surface area contributed by atoms with Crippen molar-refractivity contribution < 1.29 is 23.8 Å². The van der Waals surface area contributed by atoms with Gasteiger partial charge in [0.15, 0.2) is 0 Å². The van der Waals surface area contributed by atoms with Crippen LogP contribution < -0.4 is 4.74 Å². The molecule has 1 aromatic rings. The van der Waals surface area contributed by atoms with Crippen molar-refractivity contribution in [3.8, 4) is 5.75 Å². The first kappa shape index (κ1) is 19.7. The average Bonchev–Trinajstić information content (AvgIpc) is 3.12. The minimum Gasteiger partial charge on any atom is -0.497 e. The molecule has 4 aliphatic rings. The molecule has 0 radical (unpaired) electrons. The van der Waals surface area contributed by atoms with Crippen LogP contribution in [0.2, 0.25) is 0 Å². The molecule has 5 heteroatoms. The first-order valence-electron chi connectivity index (χ1n) is 11.0. The van der Waals surface area contributed by atoms with Crippen LogP contribution in [0.4, 0.5) is 0 Å². The summed E-state index contributed by atoms with van der Waals surface area (Å²) in [4.78, 5) is 25.0. The molecule has 0 heterocycles. The van der Waals surface area contributed by atoms with Gasteiger partial charge in [0.25, 0.3) is 0 Å². The van der Waals surface area contributed by atoms with E-state index in [0.717, 1.165) is 31.4 Å². The van der Waals surface area contributed by atoms with E-state index >= 15 is 0 Å². The van der Waals surface area contributed by atoms with Crippen LogP contribution in [0.5, 0.6) is 5.75 Å². The number of benzene rings is 1. The molecule has 0 aliphatic heterocycles. The van der Waals surface area contributed by atoms with Gasteiger partial charge in [-0.05, 0) is 73.3 Å². The predicted molar refractivity (Wildman–Crippen MR) is 111 cm³/mol. The van der Waals surface area contributed by atoms with E-state index in [9.17, 15) is 9.59 Å². The molecule has 2 bridgehead atoms. The van der Waals surface area contributed by atoms with Crippen LogP contribution in [-0.4, -0.2) is 31.8 Å². The fraction of sp³-hybridized carbons (Fsp3) is 0.600. The number of hydrogen-bond acceptors (Lipinski definition) is 5. The zero-order chi connectivity index (χ0) is 21.3. The molecule has 160 valence electrons. The fourth-order valence-corrected chi connectivity index (χ4v) is 7.69. The second kappa shape index (κ2) is 6.35. The van der Waals surface area contributed by atoms with Gasteiger partial charge in [-0.3, -0.25) is 9.59 Å². The van der Waals surface area contributed by atoms with Crippen molar-refractivity contribution in [1.82, 2.24) is 0 Å². The highest BCUT2D eigenvalue weighted by Crippen LogP contribution is 2.77. The molecule has 5 rings (SSSR count). The molecule has 0 saturated heterocycles. The number of ether oxygens (including phenoxy) is 3. The Morgan fingerprint density at radius 2 is 1.93 bits per heavy atom. The van der Waals surface area contributed by atoms with Crippen molar-refractivity contribution in [1.29, 1.82) is 0 Å². The first-order chi connectivity index (χ1) is 14.3. The summed E-state index contributed by atoms with van der Waals surface area (Å²) < 4.78 is 16.7. The lowest BCUT2D eigenvalue weighted by Gasteiger charge is -2.56. The van der Waals surface area contributed by atoms with E-state index in [2.05, 4.69) is 31.2 Å². The first-order valence-corrected chi connectivity index (χ1v) is 11.0. The summed E-state index contributed by atoms with van der Waals surface area (Å²) in [6, 6.07) is 6.47. The fourth-order valence-electron chi connectivity index (χ4n) is 7.69. The van der Waals surface area contributed by atoms with Crippen LogP contribution in [-0.2, 0) is 25.5 Å². The Morgan fingerprint density at radius 1 is 1.13 bits per heavy atom. The van der Waals surface area contributed by atoms with E-state index in [1.54, 1.807) is 7.11 Å². The third-order valence-corrected chi connectivity index (χ3v) is 8.95. The standard InChI is InChI=1S/C25H30O5/c1-15(26)30-25-12-11-24(14-21(25)22(27)29-4)20-8-5-16-13-17(28-3)6-7-18(16)19(20)9-10-23(24,25)2/h6-7,11-13,19-21H,5,8-10,14H2,1-4H3/t19-,20+,21-,23+,24+,25+/m1/s1. The van der Waals surface area contributed by atoms with Gasteiger partial charge < -0.3 is 14.2 Å². The van der Waals surface area contributed by atoms with Gasteiger partial charge in [-0.2, -0.15) is 0 Å². The number of methoxy groups -OCH3 is 2. The van der Waals surface area contributed by atoms with Gasteiger partial charge in [0.05, 0.1) is 14.2 Å². The molecule has 2 saturated carbocycles.